The molecule has 0 spiro atoms. The highest BCUT2D eigenvalue weighted by atomic mass is 19.4. The summed E-state index contributed by atoms with van der Waals surface area (Å²) in [6.07, 6.45) is -2.85. The molecule has 1 aromatic carbocycles. The lowest BCUT2D eigenvalue weighted by molar-refractivity contribution is -0.192. The molecule has 1 fully saturated rings. The molecular formula is C22H31F3N4O5. The Morgan fingerprint density at radius 3 is 2.12 bits per heavy atom. The lowest BCUT2D eigenvalue weighted by Crippen LogP contribution is -2.47. The summed E-state index contributed by atoms with van der Waals surface area (Å²) < 4.78 is 31.7. The van der Waals surface area contributed by atoms with Crippen molar-refractivity contribution < 1.29 is 37.5 Å². The summed E-state index contributed by atoms with van der Waals surface area (Å²) in [7, 11) is 0. The Kier molecular flexibility index (Phi) is 12.1. The Morgan fingerprint density at radius 1 is 1.09 bits per heavy atom. The molecule has 34 heavy (non-hydrogen) atoms. The number of piperazine rings is 1. The minimum Gasteiger partial charge on any atom is -0.475 e. The molecule has 0 unspecified atom stereocenters. The zero-order valence-corrected chi connectivity index (χ0v) is 19.3. The van der Waals surface area contributed by atoms with Crippen LogP contribution in [0.4, 0.5) is 18.9 Å². The first-order valence-electron chi connectivity index (χ1n) is 10.9. The zero-order valence-electron chi connectivity index (χ0n) is 19.3. The van der Waals surface area contributed by atoms with Gasteiger partial charge in [0.2, 0.25) is 11.8 Å². The van der Waals surface area contributed by atoms with E-state index < -0.39 is 12.1 Å². The molecule has 3 N–H and O–H groups in total. The van der Waals surface area contributed by atoms with E-state index in [0.29, 0.717) is 30.8 Å². The largest absolute Gasteiger partial charge is 0.490 e. The van der Waals surface area contributed by atoms with E-state index in [1.54, 1.807) is 29.2 Å². The molecule has 0 aromatic heterocycles. The maximum Gasteiger partial charge on any atom is 0.490 e. The maximum atomic E-state index is 12.9. The van der Waals surface area contributed by atoms with E-state index in [9.17, 15) is 27.6 Å². The van der Waals surface area contributed by atoms with E-state index in [4.69, 9.17) is 9.90 Å². The number of carbonyl (C=O) groups excluding carboxylic acids is 3. The molecule has 0 saturated carbocycles. The van der Waals surface area contributed by atoms with Crippen LogP contribution in [0.25, 0.3) is 0 Å². The van der Waals surface area contributed by atoms with Crippen LogP contribution in [-0.4, -0.2) is 84.0 Å². The third-order valence-electron chi connectivity index (χ3n) is 4.83. The van der Waals surface area contributed by atoms with Crippen molar-refractivity contribution >= 4 is 29.4 Å². The fourth-order valence-electron chi connectivity index (χ4n) is 3.05. The minimum absolute atomic E-state index is 0.0778. The van der Waals surface area contributed by atoms with Crippen LogP contribution in [-0.2, 0) is 14.4 Å². The van der Waals surface area contributed by atoms with Gasteiger partial charge < -0.3 is 25.5 Å². The number of amides is 3. The summed E-state index contributed by atoms with van der Waals surface area (Å²) in [5, 5.41) is 13.1. The number of hydrogen-bond donors (Lipinski definition) is 3. The molecule has 1 aliphatic heterocycles. The number of aliphatic carboxylic acids is 1. The Balaban J connectivity index is 0.000000718. The molecule has 1 heterocycles. The van der Waals surface area contributed by atoms with Gasteiger partial charge in [-0.2, -0.15) is 13.2 Å². The third-order valence-corrected chi connectivity index (χ3v) is 4.83. The van der Waals surface area contributed by atoms with E-state index in [1.807, 2.05) is 4.90 Å². The molecule has 12 heteroatoms. The molecule has 0 atom stereocenters. The van der Waals surface area contributed by atoms with Gasteiger partial charge in [0, 0.05) is 63.9 Å². The van der Waals surface area contributed by atoms with E-state index in [0.717, 1.165) is 39.0 Å². The number of benzene rings is 1. The highest BCUT2D eigenvalue weighted by molar-refractivity contribution is 5.95. The van der Waals surface area contributed by atoms with Crippen molar-refractivity contribution in [2.45, 2.75) is 39.3 Å². The van der Waals surface area contributed by atoms with Crippen molar-refractivity contribution in [2.24, 2.45) is 0 Å². The van der Waals surface area contributed by atoms with Gasteiger partial charge in [0.15, 0.2) is 0 Å². The number of halogens is 3. The Morgan fingerprint density at radius 2 is 1.65 bits per heavy atom. The standard InChI is InChI=1S/C20H30N4O3.C2HF3O2/c1-3-4-12-24(13-9-19(26)23-14-10-21-11-15-23)20(27)17-5-7-18(8-6-17)22-16(2)25;3-2(4,5)1(6)7/h5-8,21H,3-4,9-15H2,1-2H3,(H,22,25);(H,6,7). The second kappa shape index (κ2) is 14.2. The van der Waals surface area contributed by atoms with E-state index in [2.05, 4.69) is 17.6 Å². The normalized spacial score (nSPS) is 13.4. The topological polar surface area (TPSA) is 119 Å². The summed E-state index contributed by atoms with van der Waals surface area (Å²) in [5.41, 5.74) is 1.22. The van der Waals surface area contributed by atoms with Gasteiger partial charge in [0.05, 0.1) is 0 Å². The number of carboxylic acid groups (broad SMARTS) is 1. The van der Waals surface area contributed by atoms with Crippen molar-refractivity contribution in [3.63, 3.8) is 0 Å². The van der Waals surface area contributed by atoms with Crippen LogP contribution in [0.15, 0.2) is 24.3 Å². The van der Waals surface area contributed by atoms with Crippen LogP contribution in [0.5, 0.6) is 0 Å². The number of carboxylic acids is 1. The summed E-state index contributed by atoms with van der Waals surface area (Å²) in [6, 6.07) is 6.87. The summed E-state index contributed by atoms with van der Waals surface area (Å²) in [5.74, 6) is -2.88. The molecule has 1 aliphatic rings. The lowest BCUT2D eigenvalue weighted by atomic mass is 10.1. The Labute approximate surface area is 196 Å². The highest BCUT2D eigenvalue weighted by Crippen LogP contribution is 2.14. The number of alkyl halides is 3. The first kappa shape index (κ1) is 28.9. The van der Waals surface area contributed by atoms with Crippen LogP contribution >= 0.6 is 0 Å². The fraction of sp³-hybridized carbons (Fsp3) is 0.545. The molecule has 190 valence electrons. The fourth-order valence-corrected chi connectivity index (χ4v) is 3.05. The van der Waals surface area contributed by atoms with Crippen LogP contribution in [0.1, 0.15) is 43.5 Å². The first-order valence-corrected chi connectivity index (χ1v) is 10.9. The smallest absolute Gasteiger partial charge is 0.475 e. The third kappa shape index (κ3) is 10.6. The molecule has 1 aromatic rings. The van der Waals surface area contributed by atoms with E-state index in [1.165, 1.54) is 6.92 Å². The quantitative estimate of drug-likeness (QED) is 0.517. The molecule has 0 radical (unpaired) electrons. The van der Waals surface area contributed by atoms with Crippen molar-refractivity contribution in [1.82, 2.24) is 15.1 Å². The summed E-state index contributed by atoms with van der Waals surface area (Å²) in [4.78, 5) is 48.9. The van der Waals surface area contributed by atoms with Gasteiger partial charge in [0.1, 0.15) is 0 Å². The Hall–Kier alpha value is -3.15. The number of hydrogen-bond acceptors (Lipinski definition) is 5. The van der Waals surface area contributed by atoms with Gasteiger partial charge in [-0.1, -0.05) is 13.3 Å². The number of anilines is 1. The monoisotopic (exact) mass is 488 g/mol. The highest BCUT2D eigenvalue weighted by Gasteiger charge is 2.38. The second-order valence-corrected chi connectivity index (χ2v) is 7.59. The summed E-state index contributed by atoms with van der Waals surface area (Å²) >= 11 is 0. The van der Waals surface area contributed by atoms with Gasteiger partial charge in [-0.05, 0) is 30.7 Å². The zero-order chi connectivity index (χ0) is 25.7. The van der Waals surface area contributed by atoms with E-state index >= 15 is 0 Å². The van der Waals surface area contributed by atoms with Crippen LogP contribution in [0, 0.1) is 0 Å². The van der Waals surface area contributed by atoms with Gasteiger partial charge in [-0.25, -0.2) is 4.79 Å². The molecule has 0 aliphatic carbocycles. The van der Waals surface area contributed by atoms with Crippen molar-refractivity contribution in [1.29, 1.82) is 0 Å². The van der Waals surface area contributed by atoms with E-state index in [-0.39, 0.29) is 17.7 Å². The van der Waals surface area contributed by atoms with Gasteiger partial charge in [-0.15, -0.1) is 0 Å². The van der Waals surface area contributed by atoms with Crippen molar-refractivity contribution in [3.8, 4) is 0 Å². The van der Waals surface area contributed by atoms with Crippen molar-refractivity contribution in [3.05, 3.63) is 29.8 Å². The second-order valence-electron chi connectivity index (χ2n) is 7.59. The summed E-state index contributed by atoms with van der Waals surface area (Å²) in [6.45, 7) is 7.69. The lowest BCUT2D eigenvalue weighted by Gasteiger charge is -2.29. The molecular weight excluding hydrogens is 457 g/mol. The number of carbonyl (C=O) groups is 4. The van der Waals surface area contributed by atoms with Crippen LogP contribution in [0.3, 0.4) is 0 Å². The number of nitrogens with zero attached hydrogens (tertiary/aromatic N) is 2. The first-order chi connectivity index (χ1) is 16.0. The van der Waals surface area contributed by atoms with Crippen molar-refractivity contribution in [2.75, 3.05) is 44.6 Å². The molecule has 0 bridgehead atoms. The maximum absolute atomic E-state index is 12.9. The number of nitrogens with one attached hydrogen (secondary N) is 2. The SMILES string of the molecule is CCCCN(CCC(=O)N1CCNCC1)C(=O)c1ccc(NC(C)=O)cc1.O=C(O)C(F)(F)F. The number of unbranched alkanes of at least 4 members (excludes halogenated alkanes) is 1. The molecule has 2 rings (SSSR count). The van der Waals surface area contributed by atoms with Gasteiger partial charge >= 0.3 is 12.1 Å². The van der Waals surface area contributed by atoms with Crippen LogP contribution in [0.2, 0.25) is 0 Å². The Bertz CT molecular complexity index is 825. The van der Waals surface area contributed by atoms with Crippen LogP contribution < -0.4 is 10.6 Å². The molecule has 1 saturated heterocycles. The van der Waals surface area contributed by atoms with Gasteiger partial charge in [-0.3, -0.25) is 14.4 Å². The minimum atomic E-state index is -5.08. The average Bonchev–Trinajstić information content (AvgIpc) is 2.79. The van der Waals surface area contributed by atoms with Gasteiger partial charge in [0.25, 0.3) is 5.91 Å². The molecule has 9 nitrogen and oxygen atoms in total. The average molecular weight is 489 g/mol. The predicted octanol–water partition coefficient (Wildman–Crippen LogP) is 2.34. The number of rotatable bonds is 8. The predicted molar refractivity (Wildman–Crippen MR) is 119 cm³/mol. The molecule has 3 amide bonds.